The molecule has 1 heterocycles. The first-order chi connectivity index (χ1) is 6.24. The summed E-state index contributed by atoms with van der Waals surface area (Å²) in [5, 5.41) is 17.2. The van der Waals surface area contributed by atoms with Gasteiger partial charge in [0.15, 0.2) is 0 Å². The Morgan fingerprint density at radius 1 is 1.77 bits per heavy atom. The average Bonchev–Trinajstić information content (AvgIpc) is 2.08. The van der Waals surface area contributed by atoms with Gasteiger partial charge in [0, 0.05) is 24.1 Å². The molecule has 0 saturated carbocycles. The second kappa shape index (κ2) is 5.10. The highest BCUT2D eigenvalue weighted by Gasteiger charge is 2.24. The summed E-state index contributed by atoms with van der Waals surface area (Å²) in [6.07, 6.45) is 0.147. The van der Waals surface area contributed by atoms with E-state index >= 15 is 0 Å². The number of rotatable bonds is 3. The van der Waals surface area contributed by atoms with Crippen LogP contribution in [0.15, 0.2) is 0 Å². The topological polar surface area (TPSA) is 64.3 Å². The van der Waals surface area contributed by atoms with Gasteiger partial charge >= 0.3 is 5.97 Å². The smallest absolute Gasteiger partial charge is 0.304 e. The summed E-state index contributed by atoms with van der Waals surface area (Å²) in [6.45, 7) is 1.18. The Hall–Kier alpha value is -0.730. The van der Waals surface area contributed by atoms with Gasteiger partial charge in [-0.05, 0) is 0 Å². The van der Waals surface area contributed by atoms with Crippen LogP contribution >= 0.6 is 11.8 Å². The van der Waals surface area contributed by atoms with Gasteiger partial charge in [-0.1, -0.05) is 0 Å². The van der Waals surface area contributed by atoms with E-state index in [4.69, 9.17) is 10.4 Å². The van der Waals surface area contributed by atoms with Crippen molar-refractivity contribution < 1.29 is 9.90 Å². The predicted molar refractivity (Wildman–Crippen MR) is 50.6 cm³/mol. The molecule has 0 aromatic heterocycles. The highest BCUT2D eigenvalue weighted by Crippen LogP contribution is 2.18. The molecule has 4 nitrogen and oxygen atoms in total. The quantitative estimate of drug-likeness (QED) is 0.668. The zero-order valence-electron chi connectivity index (χ0n) is 7.27. The van der Waals surface area contributed by atoms with Gasteiger partial charge in [0.1, 0.15) is 0 Å². The molecule has 5 heteroatoms. The first-order valence-electron chi connectivity index (χ1n) is 4.14. The van der Waals surface area contributed by atoms with Gasteiger partial charge in [0.25, 0.3) is 0 Å². The Bertz CT molecular complexity index is 227. The highest BCUT2D eigenvalue weighted by atomic mass is 32.2. The van der Waals surface area contributed by atoms with Gasteiger partial charge in [-0.15, -0.1) is 0 Å². The second-order valence-corrected chi connectivity index (χ2v) is 4.11. The van der Waals surface area contributed by atoms with Gasteiger partial charge in [0.2, 0.25) is 0 Å². The van der Waals surface area contributed by atoms with Crippen LogP contribution in [0.5, 0.6) is 0 Å². The van der Waals surface area contributed by atoms with Crippen molar-refractivity contribution in [2.75, 3.05) is 24.6 Å². The first-order valence-corrected chi connectivity index (χ1v) is 5.30. The third-order valence-electron chi connectivity index (χ3n) is 2.03. The van der Waals surface area contributed by atoms with Crippen molar-refractivity contribution in [3.63, 3.8) is 0 Å². The molecule has 1 rings (SSSR count). The monoisotopic (exact) mass is 200 g/mol. The number of aliphatic carboxylic acids is 1. The van der Waals surface area contributed by atoms with E-state index in [1.807, 2.05) is 4.90 Å². The lowest BCUT2D eigenvalue weighted by Gasteiger charge is -2.32. The normalized spacial score (nSPS) is 23.8. The van der Waals surface area contributed by atoms with Crippen molar-refractivity contribution in [2.45, 2.75) is 12.5 Å². The Morgan fingerprint density at radius 3 is 3.15 bits per heavy atom. The molecule has 72 valence electrons. The molecule has 0 spiro atoms. The maximum atomic E-state index is 10.5. The summed E-state index contributed by atoms with van der Waals surface area (Å²) in [7, 11) is 0. The van der Waals surface area contributed by atoms with Crippen molar-refractivity contribution in [2.24, 2.45) is 0 Å². The second-order valence-electron chi connectivity index (χ2n) is 2.96. The number of hydrogen-bond acceptors (Lipinski definition) is 4. The van der Waals surface area contributed by atoms with E-state index in [-0.39, 0.29) is 12.5 Å². The molecule has 0 aliphatic carbocycles. The number of hydrogen-bond donors (Lipinski definition) is 1. The van der Waals surface area contributed by atoms with E-state index in [2.05, 4.69) is 6.07 Å². The van der Waals surface area contributed by atoms with Crippen LogP contribution < -0.4 is 0 Å². The maximum Gasteiger partial charge on any atom is 0.304 e. The van der Waals surface area contributed by atoms with Gasteiger partial charge in [-0.2, -0.15) is 17.0 Å². The van der Waals surface area contributed by atoms with Crippen LogP contribution in [-0.4, -0.2) is 46.6 Å². The summed E-state index contributed by atoms with van der Waals surface area (Å²) in [6, 6.07) is 2.10. The fourth-order valence-corrected chi connectivity index (χ4v) is 2.51. The molecule has 0 aromatic carbocycles. The molecule has 1 aliphatic rings. The summed E-state index contributed by atoms with van der Waals surface area (Å²) in [4.78, 5) is 12.4. The van der Waals surface area contributed by atoms with Crippen molar-refractivity contribution in [3.8, 4) is 6.07 Å². The minimum absolute atomic E-state index is 0.0379. The molecule has 0 aromatic rings. The van der Waals surface area contributed by atoms with Gasteiger partial charge < -0.3 is 5.11 Å². The molecule has 1 N–H and O–H groups in total. The molecule has 1 fully saturated rings. The molecular formula is C8H12N2O2S. The van der Waals surface area contributed by atoms with Gasteiger partial charge in [-0.25, -0.2) is 0 Å². The van der Waals surface area contributed by atoms with Crippen molar-refractivity contribution in [1.82, 2.24) is 4.90 Å². The molecule has 1 atom stereocenters. The van der Waals surface area contributed by atoms with Crippen LogP contribution in [0.3, 0.4) is 0 Å². The van der Waals surface area contributed by atoms with E-state index in [0.29, 0.717) is 6.54 Å². The molecule has 0 bridgehead atoms. The fraction of sp³-hybridized carbons (Fsp3) is 0.750. The number of carboxylic acids is 1. The lowest BCUT2D eigenvalue weighted by molar-refractivity contribution is -0.138. The molecule has 1 saturated heterocycles. The lowest BCUT2D eigenvalue weighted by Crippen LogP contribution is -2.43. The third kappa shape index (κ3) is 3.25. The lowest BCUT2D eigenvalue weighted by atomic mass is 10.2. The Labute approximate surface area is 81.5 Å². The van der Waals surface area contributed by atoms with E-state index in [0.717, 1.165) is 18.1 Å². The summed E-state index contributed by atoms with van der Waals surface area (Å²) in [5.74, 6) is 1.04. The molecule has 1 aliphatic heterocycles. The zero-order chi connectivity index (χ0) is 9.68. The molecule has 13 heavy (non-hydrogen) atoms. The zero-order valence-corrected chi connectivity index (χ0v) is 8.09. The maximum absolute atomic E-state index is 10.5. The van der Waals surface area contributed by atoms with E-state index in [1.54, 1.807) is 11.8 Å². The van der Waals surface area contributed by atoms with Crippen LogP contribution in [0.2, 0.25) is 0 Å². The predicted octanol–water partition coefficient (Wildman–Crippen LogP) is 0.402. The molecule has 1 unspecified atom stereocenters. The van der Waals surface area contributed by atoms with Crippen molar-refractivity contribution in [1.29, 1.82) is 5.26 Å². The van der Waals surface area contributed by atoms with Crippen LogP contribution in [-0.2, 0) is 4.79 Å². The van der Waals surface area contributed by atoms with Gasteiger partial charge in [0.05, 0.1) is 19.0 Å². The van der Waals surface area contributed by atoms with E-state index in [9.17, 15) is 4.79 Å². The SMILES string of the molecule is N#CCN1CCSCC1CC(=O)O. The van der Waals surface area contributed by atoms with Crippen molar-refractivity contribution in [3.05, 3.63) is 0 Å². The number of nitrogens with zero attached hydrogens (tertiary/aromatic N) is 2. The number of thioether (sulfide) groups is 1. The fourth-order valence-electron chi connectivity index (χ4n) is 1.38. The Morgan fingerprint density at radius 2 is 2.54 bits per heavy atom. The standard InChI is InChI=1S/C8H12N2O2S/c9-1-2-10-3-4-13-6-7(10)5-8(11)12/h7H,2-6H2,(H,11,12). The summed E-state index contributed by atoms with van der Waals surface area (Å²) < 4.78 is 0. The highest BCUT2D eigenvalue weighted by molar-refractivity contribution is 7.99. The van der Waals surface area contributed by atoms with Crippen LogP contribution in [0.4, 0.5) is 0 Å². The summed E-state index contributed by atoms with van der Waals surface area (Å²) in [5.41, 5.74) is 0. The largest absolute Gasteiger partial charge is 0.481 e. The Kier molecular flexibility index (Phi) is 4.06. The third-order valence-corrected chi connectivity index (χ3v) is 3.13. The van der Waals surface area contributed by atoms with Crippen LogP contribution in [0.1, 0.15) is 6.42 Å². The van der Waals surface area contributed by atoms with Gasteiger partial charge in [-0.3, -0.25) is 9.69 Å². The number of nitriles is 1. The number of carbonyl (C=O) groups is 1. The van der Waals surface area contributed by atoms with Crippen LogP contribution in [0, 0.1) is 11.3 Å². The Balaban J connectivity index is 2.47. The van der Waals surface area contributed by atoms with E-state index in [1.165, 1.54) is 0 Å². The molecule has 0 amide bonds. The number of carboxylic acid groups (broad SMARTS) is 1. The van der Waals surface area contributed by atoms with E-state index < -0.39 is 5.97 Å². The minimum Gasteiger partial charge on any atom is -0.481 e. The minimum atomic E-state index is -0.782. The first kappa shape index (κ1) is 10.4. The van der Waals surface area contributed by atoms with Crippen molar-refractivity contribution >= 4 is 17.7 Å². The van der Waals surface area contributed by atoms with Crippen LogP contribution in [0.25, 0.3) is 0 Å². The molecule has 0 radical (unpaired) electrons. The average molecular weight is 200 g/mol. The summed E-state index contributed by atoms with van der Waals surface area (Å²) >= 11 is 1.76. The molecular weight excluding hydrogens is 188 g/mol.